The molecule has 0 aliphatic carbocycles. The van der Waals surface area contributed by atoms with Crippen molar-refractivity contribution in [2.24, 2.45) is 5.92 Å². The Bertz CT molecular complexity index is 1380. The van der Waals surface area contributed by atoms with Gasteiger partial charge in [0.25, 0.3) is 5.91 Å². The number of nitrogens with zero attached hydrogens (tertiary/aromatic N) is 6. The Morgan fingerprint density at radius 1 is 1.00 bits per heavy atom. The second-order valence-corrected chi connectivity index (χ2v) is 10.2. The molecule has 4 aromatic rings. The zero-order chi connectivity index (χ0) is 25.2. The van der Waals surface area contributed by atoms with Gasteiger partial charge < -0.3 is 9.80 Å². The average Bonchev–Trinajstić information content (AvgIpc) is 3.03. The van der Waals surface area contributed by atoms with Gasteiger partial charge in [0.15, 0.2) is 5.65 Å². The summed E-state index contributed by atoms with van der Waals surface area (Å²) in [5.41, 5.74) is 3.33. The topological polar surface area (TPSA) is 67.2 Å². The van der Waals surface area contributed by atoms with Gasteiger partial charge in [0.1, 0.15) is 11.6 Å². The largest absolute Gasteiger partial charge is 0.354 e. The number of aromatic nitrogens is 4. The number of aryl methyl sites for hydroxylation is 1. The maximum atomic E-state index is 13.2. The number of amides is 1. The van der Waals surface area contributed by atoms with Crippen LogP contribution in [0.15, 0.2) is 54.6 Å². The smallest absolute Gasteiger partial charge is 0.253 e. The first-order valence-electron chi connectivity index (χ1n) is 12.5. The van der Waals surface area contributed by atoms with Gasteiger partial charge in [-0.25, -0.2) is 14.6 Å². The molecule has 1 amide bonds. The summed E-state index contributed by atoms with van der Waals surface area (Å²) >= 11 is 6.13. The standard InChI is InChI=1S/C28H31ClN6O/c1-19(2)17-24-30-26(25-20(3)32-35(27(25)31-24)23-11-5-4-6-12-23)33-13-8-14-34(16-15-33)28(36)21-9-7-10-22(29)18-21/h4-7,9-12,18-19H,8,13-17H2,1-3H3. The van der Waals surface area contributed by atoms with Crippen molar-refractivity contribution in [2.45, 2.75) is 33.6 Å². The van der Waals surface area contributed by atoms with Gasteiger partial charge in [-0.3, -0.25) is 4.79 Å². The molecular weight excluding hydrogens is 472 g/mol. The van der Waals surface area contributed by atoms with E-state index in [0.717, 1.165) is 53.4 Å². The third kappa shape index (κ3) is 4.93. The highest BCUT2D eigenvalue weighted by atomic mass is 35.5. The zero-order valence-corrected chi connectivity index (χ0v) is 21.7. The van der Waals surface area contributed by atoms with Crippen LogP contribution in [0.3, 0.4) is 0 Å². The third-order valence-electron chi connectivity index (χ3n) is 6.48. The molecule has 2 aromatic carbocycles. The van der Waals surface area contributed by atoms with E-state index in [-0.39, 0.29) is 5.91 Å². The molecule has 186 valence electrons. The Morgan fingerprint density at radius 2 is 1.81 bits per heavy atom. The summed E-state index contributed by atoms with van der Waals surface area (Å²) in [7, 11) is 0. The highest BCUT2D eigenvalue weighted by Gasteiger charge is 2.25. The maximum Gasteiger partial charge on any atom is 0.253 e. The Labute approximate surface area is 216 Å². The molecule has 1 saturated heterocycles. The predicted octanol–water partition coefficient (Wildman–Crippen LogP) is 5.33. The van der Waals surface area contributed by atoms with E-state index in [4.69, 9.17) is 26.7 Å². The first-order chi connectivity index (χ1) is 17.4. The van der Waals surface area contributed by atoms with Crippen molar-refractivity contribution in [1.82, 2.24) is 24.6 Å². The number of rotatable bonds is 5. The minimum Gasteiger partial charge on any atom is -0.354 e. The predicted molar refractivity (Wildman–Crippen MR) is 144 cm³/mol. The summed E-state index contributed by atoms with van der Waals surface area (Å²) in [4.78, 5) is 27.4. The van der Waals surface area contributed by atoms with Gasteiger partial charge in [-0.15, -0.1) is 0 Å². The first kappa shape index (κ1) is 24.3. The molecular formula is C28H31ClN6O. The lowest BCUT2D eigenvalue weighted by Gasteiger charge is -2.24. The van der Waals surface area contributed by atoms with Crippen LogP contribution in [0, 0.1) is 12.8 Å². The molecule has 3 heterocycles. The summed E-state index contributed by atoms with van der Waals surface area (Å²) in [5, 5.41) is 6.41. The Morgan fingerprint density at radius 3 is 2.56 bits per heavy atom. The number of carbonyl (C=O) groups is 1. The van der Waals surface area contributed by atoms with Gasteiger partial charge in [-0.05, 0) is 49.6 Å². The van der Waals surface area contributed by atoms with Crippen LogP contribution in [-0.2, 0) is 6.42 Å². The fourth-order valence-electron chi connectivity index (χ4n) is 4.78. The van der Waals surface area contributed by atoms with Crippen molar-refractivity contribution in [3.05, 3.63) is 76.7 Å². The Hall–Kier alpha value is -3.45. The highest BCUT2D eigenvalue weighted by Crippen LogP contribution is 2.30. The quantitative estimate of drug-likeness (QED) is 0.369. The van der Waals surface area contributed by atoms with Crippen LogP contribution in [0.2, 0.25) is 5.02 Å². The van der Waals surface area contributed by atoms with Crippen LogP contribution < -0.4 is 4.90 Å². The molecule has 0 N–H and O–H groups in total. The molecule has 7 nitrogen and oxygen atoms in total. The molecule has 1 fully saturated rings. The molecule has 8 heteroatoms. The van der Waals surface area contributed by atoms with Crippen molar-refractivity contribution in [3.8, 4) is 5.69 Å². The molecule has 36 heavy (non-hydrogen) atoms. The average molecular weight is 503 g/mol. The van der Waals surface area contributed by atoms with Crippen molar-refractivity contribution >= 4 is 34.4 Å². The monoisotopic (exact) mass is 502 g/mol. The molecule has 1 aliphatic rings. The van der Waals surface area contributed by atoms with Gasteiger partial charge in [0.05, 0.1) is 16.8 Å². The van der Waals surface area contributed by atoms with Crippen LogP contribution in [-0.4, -0.2) is 56.7 Å². The second-order valence-electron chi connectivity index (χ2n) is 9.74. The lowest BCUT2D eigenvalue weighted by Crippen LogP contribution is -2.35. The van der Waals surface area contributed by atoms with E-state index in [0.29, 0.717) is 36.1 Å². The van der Waals surface area contributed by atoms with Gasteiger partial charge in [0.2, 0.25) is 0 Å². The fraction of sp³-hybridized carbons (Fsp3) is 0.357. The summed E-state index contributed by atoms with van der Waals surface area (Å²) in [6.07, 6.45) is 1.64. The van der Waals surface area contributed by atoms with Gasteiger partial charge in [0, 0.05) is 43.2 Å². The second kappa shape index (κ2) is 10.3. The number of benzene rings is 2. The van der Waals surface area contributed by atoms with Crippen LogP contribution in [0.1, 0.15) is 42.1 Å². The molecule has 0 spiro atoms. The number of hydrogen-bond acceptors (Lipinski definition) is 5. The Kier molecular flexibility index (Phi) is 6.92. The number of anilines is 1. The van der Waals surface area contributed by atoms with Crippen molar-refractivity contribution in [3.63, 3.8) is 0 Å². The highest BCUT2D eigenvalue weighted by molar-refractivity contribution is 6.30. The lowest BCUT2D eigenvalue weighted by atomic mass is 10.1. The SMILES string of the molecule is Cc1nn(-c2ccccc2)c2nc(CC(C)C)nc(N3CCCN(C(=O)c4cccc(Cl)c4)CC3)c12. The molecule has 0 radical (unpaired) electrons. The summed E-state index contributed by atoms with van der Waals surface area (Å²) in [6.45, 7) is 9.18. The minimum absolute atomic E-state index is 0.0146. The van der Waals surface area contributed by atoms with E-state index < -0.39 is 0 Å². The van der Waals surface area contributed by atoms with E-state index in [1.54, 1.807) is 12.1 Å². The van der Waals surface area contributed by atoms with Gasteiger partial charge >= 0.3 is 0 Å². The summed E-state index contributed by atoms with van der Waals surface area (Å²) < 4.78 is 1.92. The zero-order valence-electron chi connectivity index (χ0n) is 21.0. The van der Waals surface area contributed by atoms with Crippen molar-refractivity contribution < 1.29 is 4.79 Å². The van der Waals surface area contributed by atoms with Crippen molar-refractivity contribution in [2.75, 3.05) is 31.1 Å². The van der Waals surface area contributed by atoms with Gasteiger partial charge in [-0.1, -0.05) is 49.7 Å². The molecule has 1 aliphatic heterocycles. The maximum absolute atomic E-state index is 13.2. The minimum atomic E-state index is 0.0146. The van der Waals surface area contributed by atoms with E-state index in [1.807, 2.05) is 59.0 Å². The van der Waals surface area contributed by atoms with E-state index in [9.17, 15) is 4.79 Å². The van der Waals surface area contributed by atoms with Crippen LogP contribution in [0.5, 0.6) is 0 Å². The van der Waals surface area contributed by atoms with Crippen LogP contribution in [0.4, 0.5) is 5.82 Å². The number of fused-ring (bicyclic) bond motifs is 1. The van der Waals surface area contributed by atoms with Crippen LogP contribution >= 0.6 is 11.6 Å². The summed E-state index contributed by atoms with van der Waals surface area (Å²) in [6, 6.07) is 17.3. The summed E-state index contributed by atoms with van der Waals surface area (Å²) in [5.74, 6) is 2.17. The molecule has 5 rings (SSSR count). The first-order valence-corrected chi connectivity index (χ1v) is 12.9. The number of para-hydroxylation sites is 1. The normalized spacial score (nSPS) is 14.5. The number of halogens is 1. The van der Waals surface area contributed by atoms with E-state index >= 15 is 0 Å². The van der Waals surface area contributed by atoms with Gasteiger partial charge in [-0.2, -0.15) is 5.10 Å². The van der Waals surface area contributed by atoms with E-state index in [1.165, 1.54) is 0 Å². The lowest BCUT2D eigenvalue weighted by molar-refractivity contribution is 0.0767. The molecule has 0 unspecified atom stereocenters. The molecule has 0 saturated carbocycles. The molecule has 2 aromatic heterocycles. The Balaban J connectivity index is 1.50. The molecule has 0 atom stereocenters. The third-order valence-corrected chi connectivity index (χ3v) is 6.71. The van der Waals surface area contributed by atoms with Crippen molar-refractivity contribution in [1.29, 1.82) is 0 Å². The number of carbonyl (C=O) groups excluding carboxylic acids is 1. The fourth-order valence-corrected chi connectivity index (χ4v) is 4.97. The number of hydrogen-bond donors (Lipinski definition) is 0. The molecule has 0 bridgehead atoms. The van der Waals surface area contributed by atoms with E-state index in [2.05, 4.69) is 18.7 Å². The van der Waals surface area contributed by atoms with Crippen LogP contribution in [0.25, 0.3) is 16.7 Å².